The minimum Gasteiger partial charge on any atom is -0.495 e. The Morgan fingerprint density at radius 1 is 1.27 bits per heavy atom. The zero-order chi connectivity index (χ0) is 8.69. The first-order valence-electron chi connectivity index (χ1n) is 3.88. The fraction of sp³-hybridized carbons (Fsp3) is 0.400. The molecule has 0 unspecified atom stereocenters. The maximum absolute atomic E-state index is 5.11. The van der Waals surface area contributed by atoms with E-state index in [-0.39, 0.29) is 0 Å². The molecule has 0 amide bonds. The summed E-state index contributed by atoms with van der Waals surface area (Å²) < 4.78 is 5.11. The first kappa shape index (κ1) is 10.0. The van der Waals surface area contributed by atoms with Crippen LogP contribution in [0.1, 0.15) is 20.3 Å². The summed E-state index contributed by atoms with van der Waals surface area (Å²) >= 11 is 0. The van der Waals surface area contributed by atoms with E-state index in [0.717, 1.165) is 12.0 Å². The smallest absolute Gasteiger partial charge is 0.112 e. The summed E-state index contributed by atoms with van der Waals surface area (Å²) in [5.74, 6) is 0.696. The Morgan fingerprint density at radius 2 is 1.91 bits per heavy atom. The van der Waals surface area contributed by atoms with Crippen LogP contribution in [0.3, 0.4) is 0 Å². The minimum atomic E-state index is 0.668. The second-order valence-electron chi connectivity index (χ2n) is 2.24. The lowest BCUT2D eigenvalue weighted by atomic mass is 10.2. The van der Waals surface area contributed by atoms with Gasteiger partial charge in [0.1, 0.15) is 5.76 Å². The van der Waals surface area contributed by atoms with Gasteiger partial charge in [0.25, 0.3) is 0 Å². The highest BCUT2D eigenvalue weighted by atomic mass is 16.5. The Bertz CT molecular complexity index is 166. The van der Waals surface area contributed by atoms with Crippen LogP contribution in [0, 0.1) is 0 Å². The molecule has 11 heavy (non-hydrogen) atoms. The predicted molar refractivity (Wildman–Crippen MR) is 49.3 cm³/mol. The molecule has 0 aromatic rings. The molecule has 0 heterocycles. The van der Waals surface area contributed by atoms with Crippen molar-refractivity contribution in [2.24, 2.45) is 0 Å². The lowest BCUT2D eigenvalue weighted by molar-refractivity contribution is 0.244. The van der Waals surface area contributed by atoms with Gasteiger partial charge in [0.05, 0.1) is 6.61 Å². The van der Waals surface area contributed by atoms with Crippen LogP contribution in [0.2, 0.25) is 0 Å². The summed E-state index contributed by atoms with van der Waals surface area (Å²) in [6, 6.07) is 0. The Balaban J connectivity index is 3.73. The van der Waals surface area contributed by atoms with E-state index >= 15 is 0 Å². The van der Waals surface area contributed by atoms with Crippen LogP contribution in [0.4, 0.5) is 0 Å². The van der Waals surface area contributed by atoms with Gasteiger partial charge in [0.15, 0.2) is 0 Å². The molecule has 0 aromatic carbocycles. The molecule has 0 aliphatic rings. The first-order valence-corrected chi connectivity index (χ1v) is 3.88. The van der Waals surface area contributed by atoms with E-state index in [1.807, 2.05) is 19.1 Å². The van der Waals surface area contributed by atoms with Gasteiger partial charge < -0.3 is 4.74 Å². The van der Waals surface area contributed by atoms with Crippen molar-refractivity contribution in [3.05, 3.63) is 36.6 Å². The van der Waals surface area contributed by atoms with E-state index in [4.69, 9.17) is 4.74 Å². The van der Waals surface area contributed by atoms with E-state index in [1.165, 1.54) is 0 Å². The fourth-order valence-electron chi connectivity index (χ4n) is 0.562. The quantitative estimate of drug-likeness (QED) is 0.434. The molecule has 1 heteroatoms. The van der Waals surface area contributed by atoms with Crippen molar-refractivity contribution in [2.45, 2.75) is 20.3 Å². The highest BCUT2D eigenvalue weighted by molar-refractivity contribution is 5.20. The standard InChI is InChI=1S/C10H16O/c1-5-9(3)7-8-10(4)11-6-2/h7-8H,3-6H2,1-2H3/b8-7-. The van der Waals surface area contributed by atoms with Crippen LogP contribution < -0.4 is 0 Å². The summed E-state index contributed by atoms with van der Waals surface area (Å²) in [7, 11) is 0. The lowest BCUT2D eigenvalue weighted by Crippen LogP contribution is -1.85. The number of allylic oxidation sites excluding steroid dienone is 3. The monoisotopic (exact) mass is 152 g/mol. The van der Waals surface area contributed by atoms with Crippen molar-refractivity contribution in [3.63, 3.8) is 0 Å². The van der Waals surface area contributed by atoms with Crippen molar-refractivity contribution in [1.29, 1.82) is 0 Å². The van der Waals surface area contributed by atoms with Crippen molar-refractivity contribution in [1.82, 2.24) is 0 Å². The molecule has 0 N–H and O–H groups in total. The van der Waals surface area contributed by atoms with E-state index in [0.29, 0.717) is 12.4 Å². The summed E-state index contributed by atoms with van der Waals surface area (Å²) in [5.41, 5.74) is 1.09. The van der Waals surface area contributed by atoms with E-state index in [9.17, 15) is 0 Å². The van der Waals surface area contributed by atoms with Crippen LogP contribution in [-0.4, -0.2) is 6.61 Å². The Hall–Kier alpha value is -0.980. The Morgan fingerprint density at radius 3 is 2.36 bits per heavy atom. The number of hydrogen-bond donors (Lipinski definition) is 0. The van der Waals surface area contributed by atoms with Gasteiger partial charge in [-0.05, 0) is 19.4 Å². The zero-order valence-corrected chi connectivity index (χ0v) is 7.39. The van der Waals surface area contributed by atoms with E-state index in [2.05, 4.69) is 20.1 Å². The molecule has 62 valence electrons. The predicted octanol–water partition coefficient (Wildman–Crippen LogP) is 3.06. The first-order chi connectivity index (χ1) is 5.20. The number of hydrogen-bond acceptors (Lipinski definition) is 1. The molecule has 0 fully saturated rings. The fourth-order valence-corrected chi connectivity index (χ4v) is 0.562. The molecule has 1 nitrogen and oxygen atoms in total. The molecule has 0 aliphatic heterocycles. The summed E-state index contributed by atoms with van der Waals surface area (Å²) in [5, 5.41) is 0. The maximum atomic E-state index is 5.11. The number of ether oxygens (including phenoxy) is 1. The van der Waals surface area contributed by atoms with Gasteiger partial charge in [0.2, 0.25) is 0 Å². The molecule has 0 aliphatic carbocycles. The Kier molecular flexibility index (Phi) is 5.26. The van der Waals surface area contributed by atoms with Crippen LogP contribution in [0.5, 0.6) is 0 Å². The third-order valence-corrected chi connectivity index (χ3v) is 1.29. The van der Waals surface area contributed by atoms with E-state index in [1.54, 1.807) is 0 Å². The van der Waals surface area contributed by atoms with Gasteiger partial charge in [-0.15, -0.1) is 0 Å². The normalized spacial score (nSPS) is 10.0. The second-order valence-corrected chi connectivity index (χ2v) is 2.24. The summed E-state index contributed by atoms with van der Waals surface area (Å²) in [6.45, 7) is 12.2. The van der Waals surface area contributed by atoms with Crippen LogP contribution in [0.15, 0.2) is 36.6 Å². The molecule has 0 spiro atoms. The van der Waals surface area contributed by atoms with Crippen LogP contribution in [-0.2, 0) is 4.74 Å². The topological polar surface area (TPSA) is 9.23 Å². The van der Waals surface area contributed by atoms with Crippen molar-refractivity contribution in [3.8, 4) is 0 Å². The second kappa shape index (κ2) is 5.78. The molecule has 0 bridgehead atoms. The minimum absolute atomic E-state index is 0.668. The summed E-state index contributed by atoms with van der Waals surface area (Å²) in [4.78, 5) is 0. The van der Waals surface area contributed by atoms with Crippen molar-refractivity contribution < 1.29 is 4.74 Å². The molecule has 0 atom stereocenters. The molecular formula is C10H16O. The van der Waals surface area contributed by atoms with Crippen molar-refractivity contribution in [2.75, 3.05) is 6.61 Å². The lowest BCUT2D eigenvalue weighted by Gasteiger charge is -2.00. The van der Waals surface area contributed by atoms with Gasteiger partial charge in [-0.3, -0.25) is 0 Å². The maximum Gasteiger partial charge on any atom is 0.112 e. The third kappa shape index (κ3) is 5.46. The molecule has 0 saturated heterocycles. The average molecular weight is 152 g/mol. The Labute approximate surface area is 69.1 Å². The van der Waals surface area contributed by atoms with Crippen LogP contribution in [0.25, 0.3) is 0 Å². The van der Waals surface area contributed by atoms with Gasteiger partial charge in [0, 0.05) is 0 Å². The largest absolute Gasteiger partial charge is 0.495 e. The van der Waals surface area contributed by atoms with Crippen molar-refractivity contribution >= 4 is 0 Å². The van der Waals surface area contributed by atoms with Gasteiger partial charge in [-0.25, -0.2) is 0 Å². The van der Waals surface area contributed by atoms with Gasteiger partial charge >= 0.3 is 0 Å². The highest BCUT2D eigenvalue weighted by Crippen LogP contribution is 2.02. The average Bonchev–Trinajstić information content (AvgIpc) is 2.01. The molecule has 0 saturated carbocycles. The highest BCUT2D eigenvalue weighted by Gasteiger charge is 1.85. The molecular weight excluding hydrogens is 136 g/mol. The molecule has 0 radical (unpaired) electrons. The molecule has 0 aromatic heterocycles. The van der Waals surface area contributed by atoms with Gasteiger partial charge in [-0.2, -0.15) is 0 Å². The van der Waals surface area contributed by atoms with Crippen LogP contribution >= 0.6 is 0 Å². The third-order valence-electron chi connectivity index (χ3n) is 1.29. The summed E-state index contributed by atoms with van der Waals surface area (Å²) in [6.07, 6.45) is 4.74. The van der Waals surface area contributed by atoms with Gasteiger partial charge in [-0.1, -0.05) is 31.7 Å². The molecule has 0 rings (SSSR count). The number of rotatable bonds is 5. The SMILES string of the molecule is C=C(/C=C\C(=C)OCC)CC. The van der Waals surface area contributed by atoms with E-state index < -0.39 is 0 Å². The zero-order valence-electron chi connectivity index (χ0n) is 7.39.